The summed E-state index contributed by atoms with van der Waals surface area (Å²) in [6.07, 6.45) is 6.78. The molecule has 2 amide bonds. The Bertz CT molecular complexity index is 1240. The van der Waals surface area contributed by atoms with Crippen LogP contribution in [0.4, 0.5) is 10.6 Å². The van der Waals surface area contributed by atoms with Gasteiger partial charge in [-0.3, -0.25) is 9.78 Å². The number of piperazine rings is 1. The molecule has 0 aromatic carbocycles. The second kappa shape index (κ2) is 8.71. The lowest BCUT2D eigenvalue weighted by molar-refractivity contribution is -0.134. The van der Waals surface area contributed by atoms with Crippen molar-refractivity contribution in [2.24, 2.45) is 0 Å². The summed E-state index contributed by atoms with van der Waals surface area (Å²) in [5.41, 5.74) is 0.924. The zero-order chi connectivity index (χ0) is 25.8. The highest BCUT2D eigenvalue weighted by Gasteiger charge is 2.58. The number of amides is 2. The normalized spacial score (nSPS) is 23.9. The van der Waals surface area contributed by atoms with Gasteiger partial charge in [0.2, 0.25) is 5.91 Å². The van der Waals surface area contributed by atoms with E-state index in [-0.39, 0.29) is 24.1 Å². The van der Waals surface area contributed by atoms with Gasteiger partial charge >= 0.3 is 12.1 Å². The smallest absolute Gasteiger partial charge is 0.410 e. The van der Waals surface area contributed by atoms with Crippen LogP contribution in [0.1, 0.15) is 54.6 Å². The van der Waals surface area contributed by atoms with Crippen molar-refractivity contribution in [3.8, 4) is 0 Å². The van der Waals surface area contributed by atoms with Gasteiger partial charge in [0.15, 0.2) is 5.60 Å². The Kier molecular flexibility index (Phi) is 5.58. The van der Waals surface area contributed by atoms with Crippen molar-refractivity contribution in [2.75, 3.05) is 44.2 Å². The van der Waals surface area contributed by atoms with E-state index in [0.29, 0.717) is 51.3 Å². The topological polar surface area (TPSA) is 105 Å². The SMILES string of the molecule is CC(C)OC(=O)N1CCN(c2ccc(C3(C(=O)N4CCC5(C4)OC(=O)c4cnccc45)CC3)cn2)CC1. The van der Waals surface area contributed by atoms with Crippen molar-refractivity contribution < 1.29 is 23.9 Å². The number of carbonyl (C=O) groups excluding carboxylic acids is 3. The highest BCUT2D eigenvalue weighted by molar-refractivity contribution is 5.95. The molecule has 0 bridgehead atoms. The molecule has 2 aromatic heterocycles. The number of aromatic nitrogens is 2. The summed E-state index contributed by atoms with van der Waals surface area (Å²) in [5.74, 6) is 0.554. The predicted octanol–water partition coefficient (Wildman–Crippen LogP) is 2.47. The van der Waals surface area contributed by atoms with Gasteiger partial charge in [-0.05, 0) is 44.4 Å². The Hall–Kier alpha value is -3.69. The molecule has 37 heavy (non-hydrogen) atoms. The number of esters is 1. The first-order valence-electron chi connectivity index (χ1n) is 13.0. The standard InChI is InChI=1S/C27H31N5O5/c1-18(2)36-25(35)31-13-11-30(12-14-31)22-4-3-19(15-29-22)26(6-7-26)24(34)32-10-8-27(17-32)21-5-9-28-16-20(21)23(33)37-27/h3-5,9,15-16,18H,6-8,10-14,17H2,1-2H3. The molecular weight excluding hydrogens is 474 g/mol. The Morgan fingerprint density at radius 2 is 1.78 bits per heavy atom. The molecule has 2 aromatic rings. The van der Waals surface area contributed by atoms with Crippen LogP contribution in [-0.4, -0.2) is 83.1 Å². The van der Waals surface area contributed by atoms with Crippen LogP contribution < -0.4 is 4.90 Å². The molecule has 2 saturated heterocycles. The van der Waals surface area contributed by atoms with E-state index in [0.717, 1.165) is 29.8 Å². The van der Waals surface area contributed by atoms with Gasteiger partial charge in [-0.15, -0.1) is 0 Å². The van der Waals surface area contributed by atoms with E-state index in [9.17, 15) is 14.4 Å². The summed E-state index contributed by atoms with van der Waals surface area (Å²) in [6, 6.07) is 5.81. The monoisotopic (exact) mass is 505 g/mol. The molecule has 0 N–H and O–H groups in total. The number of likely N-dealkylation sites (tertiary alicyclic amines) is 1. The van der Waals surface area contributed by atoms with E-state index in [1.54, 1.807) is 17.3 Å². The predicted molar refractivity (Wildman–Crippen MR) is 133 cm³/mol. The fraction of sp³-hybridized carbons (Fsp3) is 0.519. The lowest BCUT2D eigenvalue weighted by atomic mass is 9.92. The number of fused-ring (bicyclic) bond motifs is 2. The zero-order valence-electron chi connectivity index (χ0n) is 21.2. The number of carbonyl (C=O) groups is 3. The summed E-state index contributed by atoms with van der Waals surface area (Å²) in [7, 11) is 0. The fourth-order valence-electron chi connectivity index (χ4n) is 5.80. The number of anilines is 1. The summed E-state index contributed by atoms with van der Waals surface area (Å²) in [5, 5.41) is 0. The third kappa shape index (κ3) is 3.98. The molecule has 3 aliphatic heterocycles. The summed E-state index contributed by atoms with van der Waals surface area (Å²) < 4.78 is 11.1. The minimum Gasteiger partial charge on any atom is -0.449 e. The van der Waals surface area contributed by atoms with Crippen LogP contribution in [0.2, 0.25) is 0 Å². The van der Waals surface area contributed by atoms with Crippen LogP contribution in [0.3, 0.4) is 0 Å². The van der Waals surface area contributed by atoms with Crippen molar-refractivity contribution in [1.29, 1.82) is 0 Å². The minimum atomic E-state index is -0.771. The van der Waals surface area contributed by atoms with E-state index < -0.39 is 11.0 Å². The molecule has 1 unspecified atom stereocenters. The van der Waals surface area contributed by atoms with E-state index in [1.165, 1.54) is 0 Å². The maximum atomic E-state index is 13.7. The average Bonchev–Trinajstić information content (AvgIpc) is 3.54. The Balaban J connectivity index is 1.11. The lowest BCUT2D eigenvalue weighted by Gasteiger charge is -2.35. The van der Waals surface area contributed by atoms with Gasteiger partial charge in [-0.2, -0.15) is 0 Å². The summed E-state index contributed by atoms with van der Waals surface area (Å²) in [4.78, 5) is 52.7. The lowest BCUT2D eigenvalue weighted by Crippen LogP contribution is -2.49. The molecule has 1 saturated carbocycles. The minimum absolute atomic E-state index is 0.0785. The molecule has 3 fully saturated rings. The third-order valence-electron chi connectivity index (χ3n) is 8.00. The van der Waals surface area contributed by atoms with Crippen molar-refractivity contribution in [1.82, 2.24) is 19.8 Å². The highest BCUT2D eigenvalue weighted by Crippen LogP contribution is 2.52. The van der Waals surface area contributed by atoms with E-state index in [1.807, 2.05) is 43.1 Å². The van der Waals surface area contributed by atoms with Gasteiger partial charge in [0.05, 0.1) is 23.6 Å². The van der Waals surface area contributed by atoms with E-state index >= 15 is 0 Å². The quantitative estimate of drug-likeness (QED) is 0.584. The van der Waals surface area contributed by atoms with Crippen LogP contribution in [0.5, 0.6) is 0 Å². The molecule has 1 aliphatic carbocycles. The van der Waals surface area contributed by atoms with Gasteiger partial charge in [0.25, 0.3) is 0 Å². The van der Waals surface area contributed by atoms with Gasteiger partial charge in [-0.1, -0.05) is 6.07 Å². The number of hydrogen-bond donors (Lipinski definition) is 0. The van der Waals surface area contributed by atoms with Gasteiger partial charge in [0, 0.05) is 63.3 Å². The van der Waals surface area contributed by atoms with Crippen molar-refractivity contribution in [3.63, 3.8) is 0 Å². The second-order valence-electron chi connectivity index (χ2n) is 10.7. The van der Waals surface area contributed by atoms with Gasteiger partial charge < -0.3 is 24.2 Å². The molecule has 194 valence electrons. The first-order chi connectivity index (χ1) is 17.8. The Morgan fingerprint density at radius 1 is 1.00 bits per heavy atom. The molecule has 1 atom stereocenters. The molecule has 1 spiro atoms. The zero-order valence-corrected chi connectivity index (χ0v) is 21.2. The summed E-state index contributed by atoms with van der Waals surface area (Å²) in [6.45, 7) is 7.12. The molecule has 4 aliphatic rings. The number of pyridine rings is 2. The number of rotatable bonds is 4. The molecule has 6 rings (SSSR count). The largest absolute Gasteiger partial charge is 0.449 e. The molecule has 0 radical (unpaired) electrons. The van der Waals surface area contributed by atoms with Crippen molar-refractivity contribution >= 4 is 23.8 Å². The van der Waals surface area contributed by atoms with Crippen LogP contribution in [0.25, 0.3) is 0 Å². The van der Waals surface area contributed by atoms with Crippen LogP contribution in [0, 0.1) is 0 Å². The van der Waals surface area contributed by atoms with Crippen molar-refractivity contribution in [2.45, 2.75) is 50.2 Å². The van der Waals surface area contributed by atoms with Crippen LogP contribution >= 0.6 is 0 Å². The fourth-order valence-corrected chi connectivity index (χ4v) is 5.80. The van der Waals surface area contributed by atoms with Crippen LogP contribution in [0.15, 0.2) is 36.8 Å². The van der Waals surface area contributed by atoms with Crippen LogP contribution in [-0.2, 0) is 25.3 Å². The Labute approximate surface area is 215 Å². The molecule has 10 heteroatoms. The highest BCUT2D eigenvalue weighted by atomic mass is 16.6. The van der Waals surface area contributed by atoms with Gasteiger partial charge in [-0.25, -0.2) is 14.6 Å². The van der Waals surface area contributed by atoms with E-state index in [2.05, 4.69) is 9.88 Å². The molecule has 5 heterocycles. The second-order valence-corrected chi connectivity index (χ2v) is 10.7. The average molecular weight is 506 g/mol. The van der Waals surface area contributed by atoms with E-state index in [4.69, 9.17) is 14.5 Å². The first kappa shape index (κ1) is 23.7. The Morgan fingerprint density at radius 3 is 2.46 bits per heavy atom. The third-order valence-corrected chi connectivity index (χ3v) is 8.00. The maximum Gasteiger partial charge on any atom is 0.410 e. The van der Waals surface area contributed by atoms with Crippen molar-refractivity contribution in [3.05, 3.63) is 53.5 Å². The summed E-state index contributed by atoms with van der Waals surface area (Å²) >= 11 is 0. The maximum absolute atomic E-state index is 13.7. The number of nitrogens with zero attached hydrogens (tertiary/aromatic N) is 5. The van der Waals surface area contributed by atoms with Gasteiger partial charge in [0.1, 0.15) is 5.82 Å². The number of hydrogen-bond acceptors (Lipinski definition) is 8. The molecular formula is C27H31N5O5. The molecule has 10 nitrogen and oxygen atoms in total. The number of ether oxygens (including phenoxy) is 2. The first-order valence-corrected chi connectivity index (χ1v) is 13.0.